The predicted molar refractivity (Wildman–Crippen MR) is 184 cm³/mol. The monoisotopic (exact) mass is 770 g/mol. The van der Waals surface area contributed by atoms with Crippen LogP contribution >= 0.6 is 23.2 Å². The maximum absolute atomic E-state index is 15.3. The molecule has 0 unspecified atom stereocenters. The first-order valence-electron chi connectivity index (χ1n) is 17.4. The number of nitrogens with one attached hydrogen (secondary N) is 1. The lowest BCUT2D eigenvalue weighted by molar-refractivity contribution is -0.144. The maximum Gasteiger partial charge on any atom is 0.417 e. The molecule has 0 bridgehead atoms. The molecule has 6 atom stereocenters. The number of carbonyl (C=O) groups is 4. The number of likely N-dealkylation sites (tertiary alicyclic amines) is 1. The van der Waals surface area contributed by atoms with Gasteiger partial charge in [-0.05, 0) is 73.1 Å². The van der Waals surface area contributed by atoms with Crippen LogP contribution < -0.4 is 5.43 Å². The molecule has 0 spiro atoms. The number of carbonyl (C=O) groups excluding carboxylic acids is 4. The third-order valence-electron chi connectivity index (χ3n) is 11.8. The second-order valence-corrected chi connectivity index (χ2v) is 15.3. The van der Waals surface area contributed by atoms with Gasteiger partial charge in [0.25, 0.3) is 11.8 Å². The smallest absolute Gasteiger partial charge is 0.417 e. The Bertz CT molecular complexity index is 2090. The number of amides is 4. The maximum atomic E-state index is 15.3. The van der Waals surface area contributed by atoms with Crippen LogP contribution in [0.2, 0.25) is 10.0 Å². The number of aromatic hydroxyl groups is 1. The summed E-state index contributed by atoms with van der Waals surface area (Å²) in [5.41, 5.74) is 0.740. The van der Waals surface area contributed by atoms with Crippen LogP contribution in [-0.4, -0.2) is 49.7 Å². The van der Waals surface area contributed by atoms with Gasteiger partial charge in [0.2, 0.25) is 11.8 Å². The summed E-state index contributed by atoms with van der Waals surface area (Å²) in [6, 6.07) is 10.3. The summed E-state index contributed by atoms with van der Waals surface area (Å²) in [5.74, 6) is -8.79. The highest BCUT2D eigenvalue weighted by Gasteiger charge is 2.70. The van der Waals surface area contributed by atoms with Crippen molar-refractivity contribution >= 4 is 52.6 Å². The number of hydrazine groups is 1. The van der Waals surface area contributed by atoms with Crippen LogP contribution in [-0.2, 0) is 30.8 Å². The van der Waals surface area contributed by atoms with Crippen LogP contribution in [0.25, 0.3) is 0 Å². The summed E-state index contributed by atoms with van der Waals surface area (Å²) in [6.45, 7) is 0. The number of pyridine rings is 1. The van der Waals surface area contributed by atoms with Crippen molar-refractivity contribution in [3.63, 3.8) is 0 Å². The second kappa shape index (κ2) is 12.8. The first-order valence-corrected chi connectivity index (χ1v) is 18.2. The molecule has 4 amide bonds. The normalized spacial score (nSPS) is 28.9. The van der Waals surface area contributed by atoms with Gasteiger partial charge in [0.1, 0.15) is 0 Å². The van der Waals surface area contributed by atoms with E-state index in [0.717, 1.165) is 31.4 Å². The summed E-state index contributed by atoms with van der Waals surface area (Å²) >= 11 is 12.5. The molecule has 15 heteroatoms. The number of phenols is 1. The Labute approximate surface area is 310 Å². The van der Waals surface area contributed by atoms with Gasteiger partial charge in [-0.3, -0.25) is 29.5 Å². The molecule has 2 aliphatic heterocycles. The summed E-state index contributed by atoms with van der Waals surface area (Å²) in [4.78, 5) is 63.4. The van der Waals surface area contributed by atoms with E-state index in [2.05, 4.69) is 10.4 Å². The van der Waals surface area contributed by atoms with Crippen molar-refractivity contribution in [3.05, 3.63) is 98.9 Å². The Morgan fingerprint density at radius 3 is 2.28 bits per heavy atom. The minimum absolute atomic E-state index is 0.0544. The molecule has 0 radical (unpaired) electrons. The second-order valence-electron chi connectivity index (χ2n) is 14.5. The summed E-state index contributed by atoms with van der Waals surface area (Å²) in [5, 5.41) is 10.7. The molecule has 9 nitrogen and oxygen atoms in total. The van der Waals surface area contributed by atoms with E-state index in [9.17, 15) is 32.7 Å². The fraction of sp³-hybridized carbons (Fsp3) is 0.395. The van der Waals surface area contributed by atoms with Crippen molar-refractivity contribution in [1.82, 2.24) is 14.9 Å². The summed E-state index contributed by atoms with van der Waals surface area (Å²) in [7, 11) is 0. The van der Waals surface area contributed by atoms with Gasteiger partial charge >= 0.3 is 6.18 Å². The third kappa shape index (κ3) is 5.44. The van der Waals surface area contributed by atoms with Crippen molar-refractivity contribution in [2.45, 2.75) is 68.5 Å². The van der Waals surface area contributed by atoms with E-state index >= 15 is 9.18 Å². The SMILES string of the molecule is O=C1[C@@H]2C[C@@H]3C(=CC[C@@H]4C(=O)N(C5CCCCC5)C(=O)[C@@H]43)[C@H](c3ccc(O)c(F)c3)[C@]2(c2ccc(Cl)cc2)C(=O)N1Nc1ncc(C(F)(F)F)cc1Cl. The van der Waals surface area contributed by atoms with E-state index in [-0.39, 0.29) is 36.3 Å². The standard InChI is InChI=1S/C38H32Cl2F4N4O5/c39-21-9-7-19(8-10-21)37-26(34(51)48(36(37)53)46-32-27(40)15-20(17-45-32)38(42,43)44)16-25-23(31(37)18-6-13-29(49)28(41)14-18)11-12-24-30(25)35(52)47(33(24)50)22-4-2-1-3-5-22/h6-11,13-15,17,22,24-26,30-31,49H,1-5,12,16H2,(H,45,46)/t24-,25+,26-,30-,31-,37+/m0/s1. The Hall–Kier alpha value is -4.49. The lowest BCUT2D eigenvalue weighted by atomic mass is 9.49. The molecule has 53 heavy (non-hydrogen) atoms. The lowest BCUT2D eigenvalue weighted by Gasteiger charge is -2.50. The number of nitrogens with zero attached hydrogens (tertiary/aromatic N) is 3. The first kappa shape index (κ1) is 35.5. The van der Waals surface area contributed by atoms with Crippen LogP contribution in [0.1, 0.15) is 67.6 Å². The summed E-state index contributed by atoms with van der Waals surface area (Å²) in [6.07, 6.45) is 1.91. The van der Waals surface area contributed by atoms with E-state index in [1.165, 1.54) is 23.1 Å². The van der Waals surface area contributed by atoms with Crippen molar-refractivity contribution in [3.8, 4) is 5.75 Å². The number of phenolic OH excluding ortho intramolecular Hbond substituents is 1. The molecule has 3 aromatic rings. The number of anilines is 1. The molecule has 2 saturated carbocycles. The van der Waals surface area contributed by atoms with Gasteiger partial charge in [-0.25, -0.2) is 9.37 Å². The molecule has 2 N–H and O–H groups in total. The van der Waals surface area contributed by atoms with Gasteiger partial charge in [0.15, 0.2) is 17.4 Å². The van der Waals surface area contributed by atoms with Crippen molar-refractivity contribution in [1.29, 1.82) is 0 Å². The molecular weight excluding hydrogens is 739 g/mol. The number of halogens is 6. The zero-order valence-corrected chi connectivity index (χ0v) is 29.4. The van der Waals surface area contributed by atoms with Crippen LogP contribution in [0.5, 0.6) is 5.75 Å². The Kier molecular flexibility index (Phi) is 8.60. The minimum Gasteiger partial charge on any atom is -0.505 e. The van der Waals surface area contributed by atoms with Crippen LogP contribution in [0.3, 0.4) is 0 Å². The van der Waals surface area contributed by atoms with Crippen LogP contribution in [0, 0.1) is 29.5 Å². The molecule has 1 aromatic heterocycles. The van der Waals surface area contributed by atoms with Gasteiger partial charge in [0.05, 0.1) is 33.8 Å². The lowest BCUT2D eigenvalue weighted by Crippen LogP contribution is -2.53. The van der Waals surface area contributed by atoms with Gasteiger partial charge in [-0.1, -0.05) is 72.3 Å². The van der Waals surface area contributed by atoms with Crippen molar-refractivity contribution in [2.24, 2.45) is 23.7 Å². The largest absolute Gasteiger partial charge is 0.505 e. The van der Waals surface area contributed by atoms with Gasteiger partial charge in [-0.2, -0.15) is 18.2 Å². The highest BCUT2D eigenvalue weighted by atomic mass is 35.5. The zero-order valence-electron chi connectivity index (χ0n) is 27.9. The zero-order chi connectivity index (χ0) is 37.6. The van der Waals surface area contributed by atoms with E-state index in [1.54, 1.807) is 12.1 Å². The molecule has 5 aliphatic rings. The highest BCUT2D eigenvalue weighted by molar-refractivity contribution is 6.33. The molecular formula is C38H32Cl2F4N4O5. The van der Waals surface area contributed by atoms with Crippen LogP contribution in [0.4, 0.5) is 23.4 Å². The van der Waals surface area contributed by atoms with Gasteiger partial charge < -0.3 is 5.11 Å². The number of hydrogen-bond donors (Lipinski definition) is 2. The molecule has 2 saturated heterocycles. The number of aromatic nitrogens is 1. The minimum atomic E-state index is -4.76. The quantitative estimate of drug-likeness (QED) is 0.156. The fourth-order valence-corrected chi connectivity index (χ4v) is 9.92. The molecule has 8 rings (SSSR count). The van der Waals surface area contributed by atoms with Gasteiger partial charge in [-0.15, -0.1) is 0 Å². The predicted octanol–water partition coefficient (Wildman–Crippen LogP) is 7.57. The third-order valence-corrected chi connectivity index (χ3v) is 12.4. The van der Waals surface area contributed by atoms with Crippen molar-refractivity contribution in [2.75, 3.05) is 5.43 Å². The molecule has 3 heterocycles. The van der Waals surface area contributed by atoms with E-state index in [0.29, 0.717) is 46.3 Å². The average molecular weight is 772 g/mol. The number of benzene rings is 2. The number of imide groups is 2. The number of allylic oxidation sites excluding steroid dienone is 2. The Balaban J connectivity index is 1.30. The number of rotatable bonds is 5. The molecule has 4 fully saturated rings. The van der Waals surface area contributed by atoms with E-state index in [1.807, 2.05) is 6.08 Å². The molecule has 2 aromatic carbocycles. The number of hydrogen-bond acceptors (Lipinski definition) is 7. The highest BCUT2D eigenvalue weighted by Crippen LogP contribution is 2.64. The molecule has 3 aliphatic carbocycles. The molecule has 276 valence electrons. The topological polar surface area (TPSA) is 120 Å². The number of alkyl halides is 3. The first-order chi connectivity index (χ1) is 25.2. The summed E-state index contributed by atoms with van der Waals surface area (Å²) < 4.78 is 55.6. The average Bonchev–Trinajstić information content (AvgIpc) is 3.51. The van der Waals surface area contributed by atoms with E-state index < -0.39 is 81.0 Å². The van der Waals surface area contributed by atoms with Gasteiger partial charge in [0, 0.05) is 23.2 Å². The van der Waals surface area contributed by atoms with E-state index in [4.69, 9.17) is 23.2 Å². The van der Waals surface area contributed by atoms with Crippen molar-refractivity contribution < 1.29 is 41.8 Å². The Morgan fingerprint density at radius 2 is 1.62 bits per heavy atom. The Morgan fingerprint density at radius 1 is 0.906 bits per heavy atom. The van der Waals surface area contributed by atoms with Crippen LogP contribution in [0.15, 0.2) is 66.4 Å². The number of fused-ring (bicyclic) bond motifs is 4. The fourth-order valence-electron chi connectivity index (χ4n) is 9.58.